The van der Waals surface area contributed by atoms with Crippen LogP contribution in [0.3, 0.4) is 0 Å². The van der Waals surface area contributed by atoms with Gasteiger partial charge in [0.15, 0.2) is 0 Å². The standard InChI is InChI=1S/C21H25N3O3S/c25-21(23-19-8-10-20(11-9-19)24-15-4-5-16-24)12-14-22-28(26,27)17-13-18-6-2-1-3-7-18/h1-3,6-11,13,17,22H,4-5,12,14-16H2,(H,23,25)/b17-13+. The number of benzene rings is 2. The third-order valence-corrected chi connectivity index (χ3v) is 5.62. The van der Waals surface area contributed by atoms with Gasteiger partial charge in [-0.1, -0.05) is 30.3 Å². The van der Waals surface area contributed by atoms with Crippen LogP contribution in [0.15, 0.2) is 60.0 Å². The van der Waals surface area contributed by atoms with Gasteiger partial charge in [-0.25, -0.2) is 13.1 Å². The molecule has 6 nitrogen and oxygen atoms in total. The number of anilines is 2. The molecule has 3 rings (SSSR count). The topological polar surface area (TPSA) is 78.5 Å². The van der Waals surface area contributed by atoms with Crippen molar-refractivity contribution in [1.29, 1.82) is 0 Å². The lowest BCUT2D eigenvalue weighted by Crippen LogP contribution is -2.26. The average Bonchev–Trinajstić information content (AvgIpc) is 3.23. The van der Waals surface area contributed by atoms with Gasteiger partial charge in [-0.2, -0.15) is 0 Å². The Morgan fingerprint density at radius 3 is 2.36 bits per heavy atom. The summed E-state index contributed by atoms with van der Waals surface area (Å²) >= 11 is 0. The molecule has 0 aliphatic carbocycles. The van der Waals surface area contributed by atoms with E-state index in [1.54, 1.807) is 0 Å². The molecular formula is C21H25N3O3S. The first-order valence-electron chi connectivity index (χ1n) is 9.39. The summed E-state index contributed by atoms with van der Waals surface area (Å²) in [7, 11) is -3.58. The normalized spacial score (nSPS) is 14.5. The van der Waals surface area contributed by atoms with E-state index in [4.69, 9.17) is 0 Å². The second-order valence-corrected chi connectivity index (χ2v) is 8.34. The van der Waals surface area contributed by atoms with Gasteiger partial charge in [0.1, 0.15) is 0 Å². The summed E-state index contributed by atoms with van der Waals surface area (Å²) in [6.07, 6.45) is 4.01. The van der Waals surface area contributed by atoms with Crippen molar-refractivity contribution in [1.82, 2.24) is 4.72 Å². The van der Waals surface area contributed by atoms with E-state index in [0.29, 0.717) is 5.69 Å². The molecule has 1 aliphatic rings. The zero-order chi connectivity index (χ0) is 19.8. The minimum atomic E-state index is -3.58. The fourth-order valence-corrected chi connectivity index (χ4v) is 3.86. The smallest absolute Gasteiger partial charge is 0.233 e. The van der Waals surface area contributed by atoms with E-state index in [0.717, 1.165) is 29.7 Å². The maximum absolute atomic E-state index is 12.0. The van der Waals surface area contributed by atoms with Crippen LogP contribution in [0.1, 0.15) is 24.8 Å². The summed E-state index contributed by atoms with van der Waals surface area (Å²) in [5.74, 6) is -0.233. The molecule has 1 aliphatic heterocycles. The Bertz CT molecular complexity index is 904. The summed E-state index contributed by atoms with van der Waals surface area (Å²) in [4.78, 5) is 14.4. The van der Waals surface area contributed by atoms with Crippen molar-refractivity contribution >= 4 is 33.4 Å². The lowest BCUT2D eigenvalue weighted by Gasteiger charge is -2.17. The van der Waals surface area contributed by atoms with Crippen LogP contribution >= 0.6 is 0 Å². The highest BCUT2D eigenvalue weighted by atomic mass is 32.2. The molecule has 0 spiro atoms. The van der Waals surface area contributed by atoms with Gasteiger partial charge >= 0.3 is 0 Å². The first-order chi connectivity index (χ1) is 13.5. The van der Waals surface area contributed by atoms with Crippen molar-refractivity contribution < 1.29 is 13.2 Å². The fraction of sp³-hybridized carbons (Fsp3) is 0.286. The van der Waals surface area contributed by atoms with Gasteiger partial charge in [-0.3, -0.25) is 4.79 Å². The Morgan fingerprint density at radius 1 is 1.00 bits per heavy atom. The van der Waals surface area contributed by atoms with Crippen molar-refractivity contribution in [3.63, 3.8) is 0 Å². The summed E-state index contributed by atoms with van der Waals surface area (Å²) in [5.41, 5.74) is 2.66. The molecule has 1 heterocycles. The quantitative estimate of drug-likeness (QED) is 0.714. The third kappa shape index (κ3) is 6.21. The van der Waals surface area contributed by atoms with Gasteiger partial charge in [-0.15, -0.1) is 0 Å². The molecule has 2 aromatic carbocycles. The zero-order valence-corrected chi connectivity index (χ0v) is 16.5. The van der Waals surface area contributed by atoms with Crippen LogP contribution in [0.2, 0.25) is 0 Å². The van der Waals surface area contributed by atoms with Crippen LogP contribution in [0.4, 0.5) is 11.4 Å². The van der Waals surface area contributed by atoms with Crippen molar-refractivity contribution in [2.24, 2.45) is 0 Å². The molecule has 148 valence electrons. The van der Waals surface area contributed by atoms with Crippen LogP contribution in [0, 0.1) is 0 Å². The van der Waals surface area contributed by atoms with Crippen LogP contribution in [0.5, 0.6) is 0 Å². The summed E-state index contributed by atoms with van der Waals surface area (Å²) in [6.45, 7) is 2.19. The lowest BCUT2D eigenvalue weighted by molar-refractivity contribution is -0.116. The van der Waals surface area contributed by atoms with Crippen molar-refractivity contribution in [2.75, 3.05) is 29.9 Å². The summed E-state index contributed by atoms with van der Waals surface area (Å²) < 4.78 is 26.4. The Morgan fingerprint density at radius 2 is 1.68 bits per heavy atom. The predicted octanol–water partition coefficient (Wildman–Crippen LogP) is 3.21. The molecule has 2 aromatic rings. The molecule has 1 fully saturated rings. The predicted molar refractivity (Wildman–Crippen MR) is 114 cm³/mol. The van der Waals surface area contributed by atoms with E-state index < -0.39 is 10.0 Å². The van der Waals surface area contributed by atoms with Crippen LogP contribution in [0.25, 0.3) is 6.08 Å². The fourth-order valence-electron chi connectivity index (χ4n) is 3.04. The van der Waals surface area contributed by atoms with Gasteiger partial charge in [-0.05, 0) is 48.7 Å². The molecule has 1 saturated heterocycles. The monoisotopic (exact) mass is 399 g/mol. The number of nitrogens with one attached hydrogen (secondary N) is 2. The van der Waals surface area contributed by atoms with Crippen LogP contribution in [-0.4, -0.2) is 34.0 Å². The molecule has 0 bridgehead atoms. The number of hydrogen-bond donors (Lipinski definition) is 2. The van der Waals surface area contributed by atoms with E-state index in [1.807, 2.05) is 54.6 Å². The van der Waals surface area contributed by atoms with Crippen molar-refractivity contribution in [3.05, 3.63) is 65.6 Å². The number of amides is 1. The minimum Gasteiger partial charge on any atom is -0.372 e. The highest BCUT2D eigenvalue weighted by Crippen LogP contribution is 2.22. The Hall–Kier alpha value is -2.64. The highest BCUT2D eigenvalue weighted by Gasteiger charge is 2.12. The molecule has 0 aromatic heterocycles. The number of nitrogens with zero attached hydrogens (tertiary/aromatic N) is 1. The number of hydrogen-bond acceptors (Lipinski definition) is 4. The number of rotatable bonds is 8. The van der Waals surface area contributed by atoms with Crippen LogP contribution < -0.4 is 14.9 Å². The molecule has 0 saturated carbocycles. The largest absolute Gasteiger partial charge is 0.372 e. The minimum absolute atomic E-state index is 0.0408. The molecule has 0 radical (unpaired) electrons. The molecule has 7 heteroatoms. The third-order valence-electron chi connectivity index (χ3n) is 4.52. The van der Waals surface area contributed by atoms with Gasteiger partial charge < -0.3 is 10.2 Å². The first kappa shape index (κ1) is 20.1. The summed E-state index contributed by atoms with van der Waals surface area (Å²) in [6, 6.07) is 16.9. The average molecular weight is 400 g/mol. The van der Waals surface area contributed by atoms with Crippen LogP contribution in [-0.2, 0) is 14.8 Å². The zero-order valence-electron chi connectivity index (χ0n) is 15.7. The maximum atomic E-state index is 12.0. The van der Waals surface area contributed by atoms with Gasteiger partial charge in [0.25, 0.3) is 0 Å². The van der Waals surface area contributed by atoms with E-state index in [9.17, 15) is 13.2 Å². The van der Waals surface area contributed by atoms with Crippen molar-refractivity contribution in [2.45, 2.75) is 19.3 Å². The SMILES string of the molecule is O=C(CCNS(=O)(=O)/C=C/c1ccccc1)Nc1ccc(N2CCCC2)cc1. The first-order valence-corrected chi connectivity index (χ1v) is 10.9. The lowest BCUT2D eigenvalue weighted by atomic mass is 10.2. The van der Waals surface area contributed by atoms with E-state index >= 15 is 0 Å². The molecule has 0 unspecified atom stereocenters. The summed E-state index contributed by atoms with van der Waals surface area (Å²) in [5, 5.41) is 3.90. The number of sulfonamides is 1. The Kier molecular flexibility index (Phi) is 6.84. The second-order valence-electron chi connectivity index (χ2n) is 6.69. The van der Waals surface area contributed by atoms with Crippen molar-refractivity contribution in [3.8, 4) is 0 Å². The van der Waals surface area contributed by atoms with E-state index in [2.05, 4.69) is 14.9 Å². The van der Waals surface area contributed by atoms with Gasteiger partial charge in [0.05, 0.1) is 0 Å². The van der Waals surface area contributed by atoms with E-state index in [1.165, 1.54) is 18.9 Å². The Labute approximate surface area is 166 Å². The van der Waals surface area contributed by atoms with Gasteiger partial charge in [0, 0.05) is 42.8 Å². The highest BCUT2D eigenvalue weighted by molar-refractivity contribution is 7.92. The molecular weight excluding hydrogens is 374 g/mol. The van der Waals surface area contributed by atoms with Gasteiger partial charge in [0.2, 0.25) is 15.9 Å². The molecule has 0 atom stereocenters. The molecule has 1 amide bonds. The number of carbonyl (C=O) groups is 1. The molecule has 2 N–H and O–H groups in total. The second kappa shape index (κ2) is 9.52. The van der Waals surface area contributed by atoms with E-state index in [-0.39, 0.29) is 18.9 Å². The maximum Gasteiger partial charge on any atom is 0.233 e. The number of carbonyl (C=O) groups excluding carboxylic acids is 1. The molecule has 28 heavy (non-hydrogen) atoms. The Balaban J connectivity index is 1.43.